The number of amides is 2. The van der Waals surface area contributed by atoms with E-state index < -0.39 is 0 Å². The number of para-hydroxylation sites is 2. The van der Waals surface area contributed by atoms with Gasteiger partial charge in [0.2, 0.25) is 11.8 Å². The van der Waals surface area contributed by atoms with Crippen molar-refractivity contribution in [3.8, 4) is 17.4 Å². The molecule has 0 aliphatic carbocycles. The quantitative estimate of drug-likeness (QED) is 0.808. The highest BCUT2D eigenvalue weighted by Gasteiger charge is 2.21. The average Bonchev–Trinajstić information content (AvgIpc) is 2.77. The Hall–Kier alpha value is -3.13. The van der Waals surface area contributed by atoms with Gasteiger partial charge in [0, 0.05) is 39.4 Å². The van der Waals surface area contributed by atoms with Crippen LogP contribution in [0.15, 0.2) is 42.6 Å². The van der Waals surface area contributed by atoms with Gasteiger partial charge < -0.3 is 19.7 Å². The van der Waals surface area contributed by atoms with Crippen LogP contribution in [-0.4, -0.2) is 73.0 Å². The predicted molar refractivity (Wildman–Crippen MR) is 117 cm³/mol. The smallest absolute Gasteiger partial charge is 0.259 e. The Morgan fingerprint density at radius 2 is 1.90 bits per heavy atom. The maximum atomic E-state index is 13.0. The molecule has 1 N–H and O–H groups in total. The van der Waals surface area contributed by atoms with E-state index in [2.05, 4.69) is 24.1 Å². The summed E-state index contributed by atoms with van der Waals surface area (Å²) in [5.74, 6) is 1.44. The van der Waals surface area contributed by atoms with E-state index in [9.17, 15) is 9.59 Å². The van der Waals surface area contributed by atoms with Crippen molar-refractivity contribution in [3.05, 3.63) is 48.2 Å². The van der Waals surface area contributed by atoms with Gasteiger partial charge in [-0.15, -0.1) is 0 Å². The fraction of sp³-hybridized carbons (Fsp3) is 0.435. The maximum absolute atomic E-state index is 13.0. The highest BCUT2D eigenvalue weighted by molar-refractivity contribution is 5.96. The zero-order valence-electron chi connectivity index (χ0n) is 18.3. The van der Waals surface area contributed by atoms with Crippen LogP contribution in [0.4, 0.5) is 0 Å². The SMILES string of the molecule is CC(C)CNC(=O)CN1CCOc2ccccc2Oc2ncccc2C(=O)N(C)CC1. The van der Waals surface area contributed by atoms with Crippen molar-refractivity contribution in [2.75, 3.05) is 46.4 Å². The van der Waals surface area contributed by atoms with Crippen molar-refractivity contribution in [2.24, 2.45) is 5.92 Å². The molecule has 0 spiro atoms. The van der Waals surface area contributed by atoms with Gasteiger partial charge in [0.05, 0.1) is 6.54 Å². The molecule has 2 amide bonds. The average molecular weight is 427 g/mol. The molecule has 0 saturated carbocycles. The molecule has 1 aromatic carbocycles. The zero-order chi connectivity index (χ0) is 22.2. The fourth-order valence-electron chi connectivity index (χ4n) is 3.12. The van der Waals surface area contributed by atoms with Gasteiger partial charge in [-0.05, 0) is 30.2 Å². The number of hydrogen-bond acceptors (Lipinski definition) is 6. The van der Waals surface area contributed by atoms with Gasteiger partial charge >= 0.3 is 0 Å². The number of rotatable bonds is 4. The maximum Gasteiger partial charge on any atom is 0.259 e. The minimum atomic E-state index is -0.190. The van der Waals surface area contributed by atoms with Gasteiger partial charge in [-0.1, -0.05) is 26.0 Å². The number of aromatic nitrogens is 1. The van der Waals surface area contributed by atoms with Crippen LogP contribution in [0.1, 0.15) is 24.2 Å². The Balaban J connectivity index is 1.82. The lowest BCUT2D eigenvalue weighted by atomic mass is 10.2. The number of nitrogens with zero attached hydrogens (tertiary/aromatic N) is 3. The van der Waals surface area contributed by atoms with E-state index in [1.807, 2.05) is 23.1 Å². The summed E-state index contributed by atoms with van der Waals surface area (Å²) in [6.07, 6.45) is 1.59. The third-order valence-electron chi connectivity index (χ3n) is 4.90. The lowest BCUT2D eigenvalue weighted by molar-refractivity contribution is -0.122. The van der Waals surface area contributed by atoms with Crippen molar-refractivity contribution in [2.45, 2.75) is 13.8 Å². The molecule has 0 unspecified atom stereocenters. The molecular formula is C23H30N4O4. The number of nitrogens with one attached hydrogen (secondary N) is 1. The lowest BCUT2D eigenvalue weighted by Gasteiger charge is -2.25. The number of hydrogen-bond donors (Lipinski definition) is 1. The molecule has 0 bridgehead atoms. The second-order valence-electron chi connectivity index (χ2n) is 7.95. The molecule has 0 radical (unpaired) electrons. The number of pyridine rings is 1. The number of benzene rings is 1. The summed E-state index contributed by atoms with van der Waals surface area (Å²) in [5.41, 5.74) is 0.375. The number of carbonyl (C=O) groups is 2. The lowest BCUT2D eigenvalue weighted by Crippen LogP contribution is -2.43. The van der Waals surface area contributed by atoms with Gasteiger partial charge in [-0.2, -0.15) is 0 Å². The predicted octanol–water partition coefficient (Wildman–Crippen LogP) is 2.41. The van der Waals surface area contributed by atoms with Crippen molar-refractivity contribution in [1.29, 1.82) is 0 Å². The highest BCUT2D eigenvalue weighted by atomic mass is 16.5. The normalized spacial score (nSPS) is 15.5. The van der Waals surface area contributed by atoms with Crippen molar-refractivity contribution in [3.63, 3.8) is 0 Å². The summed E-state index contributed by atoms with van der Waals surface area (Å²) in [6.45, 7) is 6.91. The van der Waals surface area contributed by atoms with Gasteiger partial charge in [0.15, 0.2) is 11.5 Å². The summed E-state index contributed by atoms with van der Waals surface area (Å²) in [6, 6.07) is 10.7. The zero-order valence-corrected chi connectivity index (χ0v) is 18.3. The van der Waals surface area contributed by atoms with Crippen LogP contribution in [-0.2, 0) is 4.79 Å². The van der Waals surface area contributed by atoms with Crippen LogP contribution in [0, 0.1) is 5.92 Å². The van der Waals surface area contributed by atoms with Crippen LogP contribution in [0.5, 0.6) is 17.4 Å². The molecule has 1 aromatic heterocycles. The molecule has 31 heavy (non-hydrogen) atoms. The van der Waals surface area contributed by atoms with Gasteiger partial charge in [-0.25, -0.2) is 4.98 Å². The van der Waals surface area contributed by atoms with E-state index in [0.717, 1.165) is 0 Å². The molecule has 0 saturated heterocycles. The Kier molecular flexibility index (Phi) is 7.83. The standard InChI is InChI=1S/C23H30N4O4/c1-17(2)15-25-21(28)16-27-12-11-26(3)23(29)18-7-6-10-24-22(18)31-20-9-5-4-8-19(20)30-14-13-27/h4-10,17H,11-16H2,1-3H3,(H,25,28). The summed E-state index contributed by atoms with van der Waals surface area (Å²) >= 11 is 0. The topological polar surface area (TPSA) is 84.0 Å². The van der Waals surface area contributed by atoms with E-state index in [4.69, 9.17) is 9.47 Å². The third-order valence-corrected chi connectivity index (χ3v) is 4.90. The molecule has 1 aliphatic heterocycles. The van der Waals surface area contributed by atoms with Crippen LogP contribution in [0.3, 0.4) is 0 Å². The molecule has 166 valence electrons. The third kappa shape index (κ3) is 6.42. The molecule has 8 nitrogen and oxygen atoms in total. The van der Waals surface area contributed by atoms with E-state index >= 15 is 0 Å². The fourth-order valence-corrected chi connectivity index (χ4v) is 3.12. The van der Waals surface area contributed by atoms with Crippen LogP contribution in [0.25, 0.3) is 0 Å². The number of likely N-dealkylation sites (N-methyl/N-ethyl adjacent to an activating group) is 1. The summed E-state index contributed by atoms with van der Waals surface area (Å²) in [4.78, 5) is 33.2. The van der Waals surface area contributed by atoms with Crippen LogP contribution < -0.4 is 14.8 Å². The minimum Gasteiger partial charge on any atom is -0.488 e. The Morgan fingerprint density at radius 3 is 2.68 bits per heavy atom. The van der Waals surface area contributed by atoms with Crippen LogP contribution >= 0.6 is 0 Å². The van der Waals surface area contributed by atoms with E-state index in [0.29, 0.717) is 55.8 Å². The first-order valence-electron chi connectivity index (χ1n) is 10.5. The summed E-state index contributed by atoms with van der Waals surface area (Å²) in [7, 11) is 1.74. The van der Waals surface area contributed by atoms with E-state index in [1.54, 1.807) is 36.3 Å². The summed E-state index contributed by atoms with van der Waals surface area (Å²) in [5, 5.41) is 2.94. The van der Waals surface area contributed by atoms with Crippen molar-refractivity contribution >= 4 is 11.8 Å². The van der Waals surface area contributed by atoms with Gasteiger partial charge in [-0.3, -0.25) is 14.5 Å². The first kappa shape index (κ1) is 22.6. The molecular weight excluding hydrogens is 396 g/mol. The molecule has 3 rings (SSSR count). The molecule has 8 heteroatoms. The second kappa shape index (κ2) is 10.8. The number of carbonyl (C=O) groups excluding carboxylic acids is 2. The molecule has 2 aromatic rings. The Morgan fingerprint density at radius 1 is 1.13 bits per heavy atom. The number of fused-ring (bicyclic) bond motifs is 2. The monoisotopic (exact) mass is 426 g/mol. The number of ether oxygens (including phenoxy) is 2. The Bertz CT molecular complexity index is 903. The first-order valence-corrected chi connectivity index (χ1v) is 10.5. The first-order chi connectivity index (χ1) is 14.9. The van der Waals surface area contributed by atoms with E-state index in [-0.39, 0.29) is 24.2 Å². The molecule has 2 heterocycles. The summed E-state index contributed by atoms with van der Waals surface area (Å²) < 4.78 is 11.9. The Labute approximate surface area is 183 Å². The highest BCUT2D eigenvalue weighted by Crippen LogP contribution is 2.32. The minimum absolute atomic E-state index is 0.0368. The second-order valence-corrected chi connectivity index (χ2v) is 7.95. The van der Waals surface area contributed by atoms with Crippen molar-refractivity contribution in [1.82, 2.24) is 20.1 Å². The van der Waals surface area contributed by atoms with Crippen molar-refractivity contribution < 1.29 is 19.1 Å². The van der Waals surface area contributed by atoms with Gasteiger partial charge in [0.1, 0.15) is 12.2 Å². The molecule has 0 atom stereocenters. The van der Waals surface area contributed by atoms with Crippen LogP contribution in [0.2, 0.25) is 0 Å². The molecule has 0 fully saturated rings. The largest absolute Gasteiger partial charge is 0.488 e. The van der Waals surface area contributed by atoms with Gasteiger partial charge in [0.25, 0.3) is 5.91 Å². The molecule has 1 aliphatic rings. The van der Waals surface area contributed by atoms with E-state index in [1.165, 1.54) is 0 Å².